The van der Waals surface area contributed by atoms with Crippen molar-refractivity contribution in [1.29, 1.82) is 0 Å². The van der Waals surface area contributed by atoms with Crippen LogP contribution in [0.4, 0.5) is 5.69 Å². The topological polar surface area (TPSA) is 107 Å². The van der Waals surface area contributed by atoms with Gasteiger partial charge in [-0.15, -0.1) is 0 Å². The van der Waals surface area contributed by atoms with Crippen LogP contribution in [0, 0.1) is 10.1 Å². The molecule has 1 aliphatic rings. The standard InChI is InChI=1S/C16H9ClN2O6/c17-9-5-6-12(13(7-9)19(23)24)16(22)25-8-18-14(20)10-3-1-2-4-11(10)15(18)21/h1-7H,8H2. The van der Waals surface area contributed by atoms with Crippen molar-refractivity contribution in [3.8, 4) is 0 Å². The molecule has 0 N–H and O–H groups in total. The first-order valence-corrected chi connectivity index (χ1v) is 7.34. The molecular weight excluding hydrogens is 352 g/mol. The lowest BCUT2D eigenvalue weighted by molar-refractivity contribution is -0.385. The minimum absolute atomic E-state index is 0.0867. The van der Waals surface area contributed by atoms with E-state index in [9.17, 15) is 24.5 Å². The van der Waals surface area contributed by atoms with Crippen molar-refractivity contribution in [2.45, 2.75) is 0 Å². The molecule has 0 saturated heterocycles. The van der Waals surface area contributed by atoms with Gasteiger partial charge in [-0.2, -0.15) is 0 Å². The second kappa shape index (κ2) is 6.33. The number of rotatable bonds is 4. The lowest BCUT2D eigenvalue weighted by Crippen LogP contribution is -2.33. The van der Waals surface area contributed by atoms with Crippen LogP contribution in [-0.2, 0) is 4.74 Å². The molecule has 0 unspecified atom stereocenters. The normalized spacial score (nSPS) is 12.9. The summed E-state index contributed by atoms with van der Waals surface area (Å²) in [6.07, 6.45) is 0. The number of imide groups is 1. The number of hydrogen-bond acceptors (Lipinski definition) is 6. The first kappa shape index (κ1) is 16.6. The van der Waals surface area contributed by atoms with Gasteiger partial charge in [-0.05, 0) is 24.3 Å². The van der Waals surface area contributed by atoms with Crippen molar-refractivity contribution >= 4 is 35.1 Å². The fourth-order valence-corrected chi connectivity index (χ4v) is 2.55. The van der Waals surface area contributed by atoms with Gasteiger partial charge in [0.15, 0.2) is 6.73 Å². The van der Waals surface area contributed by atoms with Gasteiger partial charge in [0.2, 0.25) is 0 Å². The minimum Gasteiger partial charge on any atom is -0.440 e. The van der Waals surface area contributed by atoms with Gasteiger partial charge in [0, 0.05) is 11.1 Å². The molecule has 3 rings (SSSR count). The van der Waals surface area contributed by atoms with Gasteiger partial charge in [-0.3, -0.25) is 19.7 Å². The number of carbonyl (C=O) groups is 3. The zero-order chi connectivity index (χ0) is 18.1. The molecule has 8 nitrogen and oxygen atoms in total. The molecule has 0 aromatic heterocycles. The smallest absolute Gasteiger partial charge is 0.346 e. The van der Waals surface area contributed by atoms with Gasteiger partial charge in [-0.25, -0.2) is 9.69 Å². The number of amides is 2. The molecule has 126 valence electrons. The molecule has 2 amide bonds. The number of nitro groups is 1. The molecule has 1 aliphatic heterocycles. The highest BCUT2D eigenvalue weighted by molar-refractivity contribution is 6.31. The number of benzene rings is 2. The molecule has 0 fully saturated rings. The summed E-state index contributed by atoms with van der Waals surface area (Å²) in [6.45, 7) is -0.648. The molecular formula is C16H9ClN2O6. The third kappa shape index (κ3) is 2.94. The number of halogens is 1. The highest BCUT2D eigenvalue weighted by atomic mass is 35.5. The number of nitro benzene ring substituents is 1. The second-order valence-electron chi connectivity index (χ2n) is 5.06. The van der Waals surface area contributed by atoms with E-state index in [1.54, 1.807) is 12.1 Å². The summed E-state index contributed by atoms with van der Waals surface area (Å²) in [5, 5.41) is 11.1. The van der Waals surface area contributed by atoms with Crippen LogP contribution in [-0.4, -0.2) is 34.3 Å². The summed E-state index contributed by atoms with van der Waals surface area (Å²) in [5.41, 5.74) is -0.437. The summed E-state index contributed by atoms with van der Waals surface area (Å²) >= 11 is 5.68. The first-order chi connectivity index (χ1) is 11.9. The Morgan fingerprint density at radius 3 is 2.28 bits per heavy atom. The van der Waals surface area contributed by atoms with Crippen LogP contribution in [0.1, 0.15) is 31.1 Å². The Labute approximate surface area is 145 Å². The molecule has 0 spiro atoms. The number of fused-ring (bicyclic) bond motifs is 1. The van der Waals surface area contributed by atoms with Crippen LogP contribution in [0.3, 0.4) is 0 Å². The van der Waals surface area contributed by atoms with E-state index in [2.05, 4.69) is 0 Å². The Kier molecular flexibility index (Phi) is 4.20. The fourth-order valence-electron chi connectivity index (χ4n) is 2.39. The van der Waals surface area contributed by atoms with Gasteiger partial charge < -0.3 is 4.74 Å². The summed E-state index contributed by atoms with van der Waals surface area (Å²) in [5.74, 6) is -2.24. The summed E-state index contributed by atoms with van der Waals surface area (Å²) in [4.78, 5) is 47.4. The predicted octanol–water partition coefficient (Wildman–Crippen LogP) is 2.66. The fraction of sp³-hybridized carbons (Fsp3) is 0.0625. The van der Waals surface area contributed by atoms with Crippen LogP contribution in [0.5, 0.6) is 0 Å². The van der Waals surface area contributed by atoms with Gasteiger partial charge in [0.25, 0.3) is 17.5 Å². The van der Waals surface area contributed by atoms with Crippen molar-refractivity contribution in [2.75, 3.05) is 6.73 Å². The van der Waals surface area contributed by atoms with Crippen molar-refractivity contribution < 1.29 is 24.0 Å². The van der Waals surface area contributed by atoms with Crippen molar-refractivity contribution in [3.05, 3.63) is 74.3 Å². The van der Waals surface area contributed by atoms with Crippen LogP contribution < -0.4 is 0 Å². The van der Waals surface area contributed by atoms with E-state index in [0.29, 0.717) is 0 Å². The van der Waals surface area contributed by atoms with Crippen molar-refractivity contribution in [3.63, 3.8) is 0 Å². The molecule has 9 heteroatoms. The molecule has 2 aromatic carbocycles. The maximum Gasteiger partial charge on any atom is 0.346 e. The van der Waals surface area contributed by atoms with Gasteiger partial charge in [0.1, 0.15) is 5.56 Å². The Hall–Kier alpha value is -3.26. The maximum atomic E-state index is 12.2. The summed E-state index contributed by atoms with van der Waals surface area (Å²) in [7, 11) is 0. The molecule has 0 bridgehead atoms. The Balaban J connectivity index is 1.77. The van der Waals surface area contributed by atoms with Crippen LogP contribution in [0.15, 0.2) is 42.5 Å². The Bertz CT molecular complexity index is 892. The highest BCUT2D eigenvalue weighted by Crippen LogP contribution is 2.25. The number of nitrogens with zero attached hydrogens (tertiary/aromatic N) is 2. The van der Waals surface area contributed by atoms with Gasteiger partial charge in [0.05, 0.1) is 16.1 Å². The lowest BCUT2D eigenvalue weighted by Gasteiger charge is -2.14. The largest absolute Gasteiger partial charge is 0.440 e. The summed E-state index contributed by atoms with van der Waals surface area (Å²) in [6, 6.07) is 9.65. The van der Waals surface area contributed by atoms with Crippen LogP contribution in [0.2, 0.25) is 5.02 Å². The zero-order valence-corrected chi connectivity index (χ0v) is 13.2. The first-order valence-electron chi connectivity index (χ1n) is 6.96. The van der Waals surface area contributed by atoms with E-state index in [-0.39, 0.29) is 21.7 Å². The predicted molar refractivity (Wildman–Crippen MR) is 85.3 cm³/mol. The van der Waals surface area contributed by atoms with Crippen molar-refractivity contribution in [2.24, 2.45) is 0 Å². The average Bonchev–Trinajstić information content (AvgIpc) is 2.84. The second-order valence-corrected chi connectivity index (χ2v) is 5.50. The molecule has 1 heterocycles. The average molecular weight is 361 g/mol. The van der Waals surface area contributed by atoms with E-state index in [1.165, 1.54) is 18.2 Å². The maximum absolute atomic E-state index is 12.2. The molecule has 2 aromatic rings. The number of ether oxygens (including phenoxy) is 1. The Morgan fingerprint density at radius 1 is 1.12 bits per heavy atom. The van der Waals surface area contributed by atoms with Crippen LogP contribution in [0.25, 0.3) is 0 Å². The van der Waals surface area contributed by atoms with E-state index in [4.69, 9.17) is 16.3 Å². The van der Waals surface area contributed by atoms with E-state index >= 15 is 0 Å². The molecule has 0 radical (unpaired) electrons. The zero-order valence-electron chi connectivity index (χ0n) is 12.5. The summed E-state index contributed by atoms with van der Waals surface area (Å²) < 4.78 is 4.91. The highest BCUT2D eigenvalue weighted by Gasteiger charge is 2.36. The van der Waals surface area contributed by atoms with Gasteiger partial charge >= 0.3 is 5.97 Å². The van der Waals surface area contributed by atoms with Crippen molar-refractivity contribution in [1.82, 2.24) is 4.90 Å². The minimum atomic E-state index is -1.04. The van der Waals surface area contributed by atoms with E-state index < -0.39 is 35.1 Å². The third-order valence-electron chi connectivity index (χ3n) is 3.58. The molecule has 0 saturated carbocycles. The third-order valence-corrected chi connectivity index (χ3v) is 3.81. The monoisotopic (exact) mass is 360 g/mol. The van der Waals surface area contributed by atoms with E-state index in [0.717, 1.165) is 17.0 Å². The number of carbonyl (C=O) groups excluding carboxylic acids is 3. The van der Waals surface area contributed by atoms with Gasteiger partial charge in [-0.1, -0.05) is 23.7 Å². The van der Waals surface area contributed by atoms with Crippen LogP contribution >= 0.6 is 11.6 Å². The SMILES string of the molecule is O=C(OCN1C(=O)c2ccccc2C1=O)c1ccc(Cl)cc1[N+](=O)[O-]. The number of esters is 1. The molecule has 0 aliphatic carbocycles. The Morgan fingerprint density at radius 2 is 1.72 bits per heavy atom. The lowest BCUT2D eigenvalue weighted by atomic mass is 10.1. The van der Waals surface area contributed by atoms with E-state index in [1.807, 2.05) is 0 Å². The molecule has 25 heavy (non-hydrogen) atoms. The number of hydrogen-bond donors (Lipinski definition) is 0. The quantitative estimate of drug-likeness (QED) is 0.359. The molecule has 0 atom stereocenters.